The number of urea groups is 1. The summed E-state index contributed by atoms with van der Waals surface area (Å²) in [5, 5.41) is 12.5. The Hall–Kier alpha value is -1.51. The average Bonchev–Trinajstić information content (AvgIpc) is 2.33. The van der Waals surface area contributed by atoms with E-state index in [1.165, 1.54) is 5.32 Å². The van der Waals surface area contributed by atoms with Gasteiger partial charge in [0, 0.05) is 12.6 Å². The molecule has 0 spiro atoms. The van der Waals surface area contributed by atoms with E-state index < -0.39 is 29.8 Å². The van der Waals surface area contributed by atoms with Crippen LogP contribution >= 0.6 is 0 Å². The van der Waals surface area contributed by atoms with Crippen LogP contribution in [-0.2, 0) is 4.79 Å². The lowest BCUT2D eigenvalue weighted by molar-refractivity contribution is -0.203. The fraction of sp³-hybridized carbons (Fsp3) is 0.833. The summed E-state index contributed by atoms with van der Waals surface area (Å²) in [6, 6.07) is -1.59. The number of hydrogen-bond donors (Lipinski definition) is 3. The Labute approximate surface area is 121 Å². The first-order valence-corrected chi connectivity index (χ1v) is 6.59. The zero-order valence-corrected chi connectivity index (χ0v) is 12.5. The van der Waals surface area contributed by atoms with E-state index >= 15 is 0 Å². The zero-order valence-electron chi connectivity index (χ0n) is 12.5. The van der Waals surface area contributed by atoms with E-state index in [4.69, 9.17) is 5.11 Å². The quantitative estimate of drug-likeness (QED) is 0.664. The minimum Gasteiger partial charge on any atom is -0.479 e. The highest BCUT2D eigenvalue weighted by Gasteiger charge is 2.58. The second-order valence-corrected chi connectivity index (χ2v) is 4.91. The van der Waals surface area contributed by atoms with E-state index in [2.05, 4.69) is 5.32 Å². The molecule has 2 amide bonds. The molecule has 9 heteroatoms. The first kappa shape index (κ1) is 19.5. The van der Waals surface area contributed by atoms with Crippen LogP contribution in [0.15, 0.2) is 0 Å². The Morgan fingerprint density at radius 1 is 1.24 bits per heavy atom. The predicted molar refractivity (Wildman–Crippen MR) is 71.0 cm³/mol. The number of halogens is 3. The van der Waals surface area contributed by atoms with Crippen LogP contribution in [-0.4, -0.2) is 59.4 Å². The van der Waals surface area contributed by atoms with Gasteiger partial charge < -0.3 is 20.6 Å². The maximum Gasteiger partial charge on any atom is 0.422 e. The number of likely N-dealkylation sites (N-methyl/N-ethyl adjacent to an activating group) is 1. The van der Waals surface area contributed by atoms with Gasteiger partial charge in [0.25, 0.3) is 0 Å². The second-order valence-electron chi connectivity index (χ2n) is 4.91. The summed E-state index contributed by atoms with van der Waals surface area (Å²) >= 11 is 0. The van der Waals surface area contributed by atoms with Crippen LogP contribution < -0.4 is 10.6 Å². The molecule has 124 valence electrons. The zero-order chi connectivity index (χ0) is 16.8. The van der Waals surface area contributed by atoms with E-state index in [-0.39, 0.29) is 0 Å². The van der Waals surface area contributed by atoms with Crippen LogP contribution in [0.2, 0.25) is 0 Å². The Morgan fingerprint density at radius 3 is 2.05 bits per heavy atom. The molecule has 0 aromatic carbocycles. The van der Waals surface area contributed by atoms with Crippen molar-refractivity contribution in [3.8, 4) is 0 Å². The number of amides is 2. The number of alkyl halides is 3. The fourth-order valence-corrected chi connectivity index (χ4v) is 1.65. The molecule has 0 saturated heterocycles. The van der Waals surface area contributed by atoms with Crippen molar-refractivity contribution in [3.05, 3.63) is 0 Å². The van der Waals surface area contributed by atoms with E-state index in [1.54, 1.807) is 6.92 Å². The third kappa shape index (κ3) is 5.41. The number of carbonyl (C=O) groups excluding carboxylic acids is 1. The van der Waals surface area contributed by atoms with Crippen LogP contribution in [0.3, 0.4) is 0 Å². The predicted octanol–water partition coefficient (Wildman–Crippen LogP) is 1.42. The molecule has 0 heterocycles. The van der Waals surface area contributed by atoms with Crippen molar-refractivity contribution >= 4 is 12.0 Å². The number of nitrogens with one attached hydrogen (secondary N) is 2. The molecule has 0 saturated carbocycles. The maximum absolute atomic E-state index is 12.7. The highest BCUT2D eigenvalue weighted by Crippen LogP contribution is 2.30. The molecule has 21 heavy (non-hydrogen) atoms. The van der Waals surface area contributed by atoms with Crippen LogP contribution in [0.1, 0.15) is 27.7 Å². The highest BCUT2D eigenvalue weighted by molar-refractivity contribution is 5.86. The van der Waals surface area contributed by atoms with Crippen LogP contribution in [0.5, 0.6) is 0 Å². The van der Waals surface area contributed by atoms with Crippen molar-refractivity contribution in [2.75, 3.05) is 19.6 Å². The third-order valence-electron chi connectivity index (χ3n) is 3.16. The van der Waals surface area contributed by atoms with Crippen molar-refractivity contribution in [1.29, 1.82) is 0 Å². The van der Waals surface area contributed by atoms with Gasteiger partial charge in [-0.2, -0.15) is 13.2 Å². The van der Waals surface area contributed by atoms with Gasteiger partial charge in [0.2, 0.25) is 5.54 Å². The van der Waals surface area contributed by atoms with Crippen molar-refractivity contribution < 1.29 is 27.9 Å². The number of hydrogen-bond acceptors (Lipinski definition) is 3. The van der Waals surface area contributed by atoms with Crippen molar-refractivity contribution in [2.45, 2.75) is 45.5 Å². The van der Waals surface area contributed by atoms with Gasteiger partial charge in [0.1, 0.15) is 0 Å². The lowest BCUT2D eigenvalue weighted by Crippen LogP contribution is -2.64. The molecular formula is C12H22F3N3O3. The Bertz CT molecular complexity index is 372. The summed E-state index contributed by atoms with van der Waals surface area (Å²) in [6.45, 7) is 7.80. The number of rotatable bonds is 7. The molecule has 0 aromatic rings. The average molecular weight is 313 g/mol. The molecule has 3 N–H and O–H groups in total. The smallest absolute Gasteiger partial charge is 0.422 e. The van der Waals surface area contributed by atoms with E-state index in [1.807, 2.05) is 18.7 Å². The minimum absolute atomic E-state index is 0.407. The summed E-state index contributed by atoms with van der Waals surface area (Å²) in [5.41, 5.74) is -3.33. The molecule has 0 aliphatic rings. The largest absolute Gasteiger partial charge is 0.479 e. The molecular weight excluding hydrogens is 291 g/mol. The number of carbonyl (C=O) groups is 2. The summed E-state index contributed by atoms with van der Waals surface area (Å²) in [5.74, 6) is -2.17. The van der Waals surface area contributed by atoms with Crippen LogP contribution in [0.25, 0.3) is 0 Å². The van der Waals surface area contributed by atoms with Crippen LogP contribution in [0, 0.1) is 0 Å². The summed E-state index contributed by atoms with van der Waals surface area (Å²) < 4.78 is 38.2. The summed E-state index contributed by atoms with van der Waals surface area (Å²) in [4.78, 5) is 24.3. The third-order valence-corrected chi connectivity index (χ3v) is 3.16. The van der Waals surface area contributed by atoms with Crippen molar-refractivity contribution in [1.82, 2.24) is 15.5 Å². The van der Waals surface area contributed by atoms with Gasteiger partial charge in [-0.3, -0.25) is 0 Å². The van der Waals surface area contributed by atoms with Crippen molar-refractivity contribution in [2.24, 2.45) is 0 Å². The van der Waals surface area contributed by atoms with Gasteiger partial charge in [0.05, 0.1) is 0 Å². The SMILES string of the molecule is CCN(CC)CC(C)NC(=O)NC(C)(C(=O)O)C(F)(F)F. The van der Waals surface area contributed by atoms with Gasteiger partial charge in [0.15, 0.2) is 0 Å². The number of aliphatic carboxylic acids is 1. The van der Waals surface area contributed by atoms with E-state index in [0.717, 1.165) is 13.1 Å². The lowest BCUT2D eigenvalue weighted by Gasteiger charge is -2.30. The van der Waals surface area contributed by atoms with Gasteiger partial charge in [-0.15, -0.1) is 0 Å². The fourth-order valence-electron chi connectivity index (χ4n) is 1.65. The molecule has 0 aromatic heterocycles. The van der Waals surface area contributed by atoms with Crippen LogP contribution in [0.4, 0.5) is 18.0 Å². The van der Waals surface area contributed by atoms with Gasteiger partial charge in [-0.25, -0.2) is 9.59 Å². The molecule has 2 unspecified atom stereocenters. The molecule has 2 atom stereocenters. The Balaban J connectivity index is 4.70. The standard InChI is InChI=1S/C12H22F3N3O3/c1-5-18(6-2)7-8(3)16-10(21)17-11(4,9(19)20)12(13,14)15/h8H,5-7H2,1-4H3,(H,19,20)(H2,16,17,21). The van der Waals surface area contributed by atoms with E-state index in [0.29, 0.717) is 13.5 Å². The topological polar surface area (TPSA) is 81.7 Å². The first-order valence-electron chi connectivity index (χ1n) is 6.59. The first-order chi connectivity index (χ1) is 9.47. The minimum atomic E-state index is -5.10. The maximum atomic E-state index is 12.7. The van der Waals surface area contributed by atoms with Gasteiger partial charge in [-0.05, 0) is 26.9 Å². The van der Waals surface area contributed by atoms with Gasteiger partial charge >= 0.3 is 18.2 Å². The highest BCUT2D eigenvalue weighted by atomic mass is 19.4. The Kier molecular flexibility index (Phi) is 6.95. The molecule has 0 rings (SSSR count). The monoisotopic (exact) mass is 313 g/mol. The number of nitrogens with zero attached hydrogens (tertiary/aromatic N) is 1. The molecule has 0 fully saturated rings. The second kappa shape index (κ2) is 7.48. The Morgan fingerprint density at radius 2 is 1.71 bits per heavy atom. The molecule has 0 aliphatic carbocycles. The number of carboxylic acid groups (broad SMARTS) is 1. The van der Waals surface area contributed by atoms with E-state index in [9.17, 15) is 22.8 Å². The molecule has 0 aliphatic heterocycles. The number of carboxylic acids is 1. The summed E-state index contributed by atoms with van der Waals surface area (Å²) in [7, 11) is 0. The van der Waals surface area contributed by atoms with Crippen molar-refractivity contribution in [3.63, 3.8) is 0 Å². The normalized spacial score (nSPS) is 16.2. The van der Waals surface area contributed by atoms with Gasteiger partial charge in [-0.1, -0.05) is 13.8 Å². The lowest BCUT2D eigenvalue weighted by atomic mass is 10.0. The molecule has 6 nitrogen and oxygen atoms in total. The molecule has 0 bridgehead atoms. The molecule has 0 radical (unpaired) electrons. The summed E-state index contributed by atoms with van der Waals surface area (Å²) in [6.07, 6.45) is -5.10.